The average molecular weight is 408 g/mol. The number of aromatic hydroxyl groups is 2. The summed E-state index contributed by atoms with van der Waals surface area (Å²) >= 11 is 1.23. The maximum absolute atomic E-state index is 11.8. The normalized spacial score (nSPS) is 10.9. The summed E-state index contributed by atoms with van der Waals surface area (Å²) in [6.45, 7) is 1.86. The quantitative estimate of drug-likeness (QED) is 0.393. The van der Waals surface area contributed by atoms with E-state index in [0.717, 1.165) is 5.56 Å². The van der Waals surface area contributed by atoms with Gasteiger partial charge < -0.3 is 15.3 Å². The van der Waals surface area contributed by atoms with Gasteiger partial charge in [0.2, 0.25) is 0 Å². The van der Waals surface area contributed by atoms with Gasteiger partial charge in [0, 0.05) is 17.2 Å². The molecule has 0 spiro atoms. The summed E-state index contributed by atoms with van der Waals surface area (Å²) in [6, 6.07) is 12.2. The van der Waals surface area contributed by atoms with Crippen LogP contribution < -0.4 is 0 Å². The van der Waals surface area contributed by atoms with Crippen molar-refractivity contribution in [3.8, 4) is 43.9 Å². The van der Waals surface area contributed by atoms with Crippen LogP contribution in [0.3, 0.4) is 0 Å². The Balaban J connectivity index is 1.90. The number of nitrogens with zero attached hydrogens (tertiary/aromatic N) is 3. The summed E-state index contributed by atoms with van der Waals surface area (Å²) in [5.41, 5.74) is 2.08. The molecule has 4 N–H and O–H groups in total. The van der Waals surface area contributed by atoms with Gasteiger partial charge in [0.25, 0.3) is 0 Å². The number of nitrogens with one attached hydrogen (secondary N) is 1. The minimum atomic E-state index is -1.20. The second-order valence-electron chi connectivity index (χ2n) is 6.26. The van der Waals surface area contributed by atoms with E-state index in [2.05, 4.69) is 20.4 Å². The first kappa shape index (κ1) is 18.6. The summed E-state index contributed by atoms with van der Waals surface area (Å²) in [7, 11) is 0. The van der Waals surface area contributed by atoms with Crippen LogP contribution in [-0.2, 0) is 6.42 Å². The zero-order valence-electron chi connectivity index (χ0n) is 15.2. The summed E-state index contributed by atoms with van der Waals surface area (Å²) < 4.78 is 0. The first-order chi connectivity index (χ1) is 14.0. The maximum Gasteiger partial charge on any atom is 0.354 e. The van der Waals surface area contributed by atoms with Crippen molar-refractivity contribution in [1.29, 1.82) is 0 Å². The van der Waals surface area contributed by atoms with Crippen molar-refractivity contribution < 1.29 is 20.1 Å². The van der Waals surface area contributed by atoms with Crippen molar-refractivity contribution in [2.45, 2.75) is 13.3 Å². The standard InChI is InChI=1S/C20H16N4O4S/c1-2-10-8-12(14(26)9-13(10)25)16-15(17(20(27)28)22-21-16)19-24-23-18(29-19)11-6-4-3-5-7-11/h3-9,25-26H,2H2,1H3,(H,21,22)(H,27,28). The highest BCUT2D eigenvalue weighted by Crippen LogP contribution is 2.42. The van der Waals surface area contributed by atoms with Crippen LogP contribution in [0.25, 0.3) is 32.4 Å². The smallest absolute Gasteiger partial charge is 0.354 e. The molecule has 4 aromatic rings. The van der Waals surface area contributed by atoms with E-state index in [-0.39, 0.29) is 28.5 Å². The van der Waals surface area contributed by atoms with Gasteiger partial charge in [-0.3, -0.25) is 5.10 Å². The number of benzene rings is 2. The van der Waals surface area contributed by atoms with Gasteiger partial charge in [-0.1, -0.05) is 48.6 Å². The third kappa shape index (κ3) is 3.32. The van der Waals surface area contributed by atoms with E-state index < -0.39 is 5.97 Å². The molecule has 2 heterocycles. The van der Waals surface area contributed by atoms with Crippen molar-refractivity contribution >= 4 is 17.3 Å². The lowest BCUT2D eigenvalue weighted by atomic mass is 10.0. The van der Waals surface area contributed by atoms with E-state index in [1.165, 1.54) is 17.4 Å². The molecule has 0 aliphatic rings. The fourth-order valence-corrected chi connectivity index (χ4v) is 3.92. The van der Waals surface area contributed by atoms with Crippen LogP contribution in [0.15, 0.2) is 42.5 Å². The Bertz CT molecular complexity index is 1200. The van der Waals surface area contributed by atoms with Crippen LogP contribution >= 0.6 is 11.3 Å². The number of aromatic nitrogens is 4. The zero-order chi connectivity index (χ0) is 20.5. The average Bonchev–Trinajstić information content (AvgIpc) is 3.36. The van der Waals surface area contributed by atoms with Gasteiger partial charge in [-0.25, -0.2) is 4.79 Å². The number of aromatic amines is 1. The third-order valence-electron chi connectivity index (χ3n) is 4.47. The Morgan fingerprint density at radius 3 is 2.48 bits per heavy atom. The molecule has 2 aromatic carbocycles. The van der Waals surface area contributed by atoms with Crippen molar-refractivity contribution in [3.05, 3.63) is 53.7 Å². The predicted octanol–water partition coefficient (Wildman–Crippen LogP) is 3.93. The maximum atomic E-state index is 11.8. The van der Waals surface area contributed by atoms with E-state index in [9.17, 15) is 20.1 Å². The Labute approximate surface area is 169 Å². The van der Waals surface area contributed by atoms with Crippen molar-refractivity contribution in [2.24, 2.45) is 0 Å². The van der Waals surface area contributed by atoms with Gasteiger partial charge in [-0.2, -0.15) is 5.10 Å². The summed E-state index contributed by atoms with van der Waals surface area (Å²) in [5, 5.41) is 45.9. The van der Waals surface area contributed by atoms with Gasteiger partial charge in [0.05, 0.1) is 5.56 Å². The van der Waals surface area contributed by atoms with Crippen LogP contribution in [0.1, 0.15) is 23.0 Å². The van der Waals surface area contributed by atoms with Crippen LogP contribution in [0, 0.1) is 0 Å². The number of hydrogen-bond acceptors (Lipinski definition) is 7. The number of carbonyl (C=O) groups is 1. The second-order valence-corrected chi connectivity index (χ2v) is 7.23. The highest BCUT2D eigenvalue weighted by Gasteiger charge is 2.26. The molecule has 0 amide bonds. The molecule has 2 aromatic heterocycles. The first-order valence-corrected chi connectivity index (χ1v) is 9.57. The number of carboxylic acids is 1. The van der Waals surface area contributed by atoms with Gasteiger partial charge in [-0.15, -0.1) is 10.2 Å². The van der Waals surface area contributed by atoms with E-state index >= 15 is 0 Å². The van der Waals surface area contributed by atoms with Crippen LogP contribution in [0.5, 0.6) is 11.5 Å². The highest BCUT2D eigenvalue weighted by atomic mass is 32.1. The number of aromatic carboxylic acids is 1. The number of phenolic OH excluding ortho intramolecular Hbond substituents is 2. The molecule has 0 saturated heterocycles. The Morgan fingerprint density at radius 1 is 1.07 bits per heavy atom. The minimum Gasteiger partial charge on any atom is -0.508 e. The van der Waals surface area contributed by atoms with Crippen LogP contribution in [-0.4, -0.2) is 41.7 Å². The molecule has 146 valence electrons. The summed E-state index contributed by atoms with van der Waals surface area (Å²) in [6.07, 6.45) is 0.529. The number of carboxylic acid groups (broad SMARTS) is 1. The Hall–Kier alpha value is -3.72. The fourth-order valence-electron chi connectivity index (χ4n) is 3.02. The van der Waals surface area contributed by atoms with Crippen molar-refractivity contribution in [1.82, 2.24) is 20.4 Å². The van der Waals surface area contributed by atoms with E-state index in [1.807, 2.05) is 37.3 Å². The number of H-pyrrole nitrogens is 1. The number of hydrogen-bond donors (Lipinski definition) is 4. The van der Waals surface area contributed by atoms with E-state index in [4.69, 9.17) is 0 Å². The minimum absolute atomic E-state index is 0.0356. The molecule has 0 aliphatic carbocycles. The van der Waals surface area contributed by atoms with E-state index in [1.54, 1.807) is 6.07 Å². The second kappa shape index (κ2) is 7.36. The molecule has 8 nitrogen and oxygen atoms in total. The molecule has 0 bridgehead atoms. The number of aryl methyl sites for hydroxylation is 1. The molecule has 0 saturated carbocycles. The largest absolute Gasteiger partial charge is 0.508 e. The number of rotatable bonds is 5. The summed E-state index contributed by atoms with van der Waals surface area (Å²) in [4.78, 5) is 11.8. The number of phenols is 2. The molecule has 9 heteroatoms. The Kier molecular flexibility index (Phi) is 4.73. The first-order valence-electron chi connectivity index (χ1n) is 8.75. The molecule has 0 radical (unpaired) electrons. The van der Waals surface area contributed by atoms with Gasteiger partial charge in [0.15, 0.2) is 10.7 Å². The monoisotopic (exact) mass is 408 g/mol. The van der Waals surface area contributed by atoms with Crippen molar-refractivity contribution in [3.63, 3.8) is 0 Å². The summed E-state index contributed by atoms with van der Waals surface area (Å²) in [5.74, 6) is -1.45. The molecule has 29 heavy (non-hydrogen) atoms. The lowest BCUT2D eigenvalue weighted by molar-refractivity contribution is 0.0691. The highest BCUT2D eigenvalue weighted by molar-refractivity contribution is 7.18. The van der Waals surface area contributed by atoms with Crippen molar-refractivity contribution in [2.75, 3.05) is 0 Å². The fraction of sp³-hybridized carbons (Fsp3) is 0.100. The molecule has 0 aliphatic heterocycles. The predicted molar refractivity (Wildman–Crippen MR) is 108 cm³/mol. The van der Waals surface area contributed by atoms with Gasteiger partial charge in [0.1, 0.15) is 22.2 Å². The molecule has 0 atom stereocenters. The SMILES string of the molecule is CCc1cc(-c2n[nH]c(C(=O)O)c2-c2nnc(-c3ccccc3)s2)c(O)cc1O. The topological polar surface area (TPSA) is 132 Å². The molecule has 4 rings (SSSR count). The van der Waals surface area contributed by atoms with Crippen LogP contribution in [0.2, 0.25) is 0 Å². The lowest BCUT2D eigenvalue weighted by Crippen LogP contribution is -1.99. The molecular weight excluding hydrogens is 392 g/mol. The Morgan fingerprint density at radius 2 is 1.79 bits per heavy atom. The van der Waals surface area contributed by atoms with Gasteiger partial charge in [-0.05, 0) is 18.1 Å². The molecule has 0 unspecified atom stereocenters. The van der Waals surface area contributed by atoms with Gasteiger partial charge >= 0.3 is 5.97 Å². The molecule has 0 fully saturated rings. The third-order valence-corrected chi connectivity index (χ3v) is 5.46. The van der Waals surface area contributed by atoms with E-state index in [0.29, 0.717) is 27.6 Å². The van der Waals surface area contributed by atoms with Crippen LogP contribution in [0.4, 0.5) is 0 Å². The lowest BCUT2D eigenvalue weighted by Gasteiger charge is -2.08. The molecular formula is C20H16N4O4S. The zero-order valence-corrected chi connectivity index (χ0v) is 16.1.